The van der Waals surface area contributed by atoms with Gasteiger partial charge in [-0.25, -0.2) is 15.0 Å². The maximum Gasteiger partial charge on any atom is 0.129 e. The molecule has 0 amide bonds. The number of nitrogens with two attached hydrogens (primary N) is 1. The van der Waals surface area contributed by atoms with Gasteiger partial charge in [-0.3, -0.25) is 0 Å². The third-order valence-corrected chi connectivity index (χ3v) is 2.18. The number of aryl methyl sites for hydroxylation is 1. The van der Waals surface area contributed by atoms with E-state index in [0.29, 0.717) is 12.2 Å². The van der Waals surface area contributed by atoms with Gasteiger partial charge in [0.1, 0.15) is 12.1 Å². The first-order valence-corrected chi connectivity index (χ1v) is 4.96. The SMILES string of the molecule is Cc1cc(N)cnc1NCc1ccncn1. The van der Waals surface area contributed by atoms with Crippen LogP contribution in [-0.4, -0.2) is 15.0 Å². The quantitative estimate of drug-likeness (QED) is 0.808. The Morgan fingerprint density at radius 2 is 2.25 bits per heavy atom. The highest BCUT2D eigenvalue weighted by atomic mass is 15.0. The third-order valence-electron chi connectivity index (χ3n) is 2.18. The van der Waals surface area contributed by atoms with Crippen molar-refractivity contribution >= 4 is 11.5 Å². The molecule has 0 spiro atoms. The van der Waals surface area contributed by atoms with Crippen LogP contribution in [0.15, 0.2) is 30.9 Å². The molecule has 3 N–H and O–H groups in total. The van der Waals surface area contributed by atoms with Gasteiger partial charge in [-0.05, 0) is 24.6 Å². The zero-order chi connectivity index (χ0) is 11.4. The highest BCUT2D eigenvalue weighted by molar-refractivity contribution is 5.50. The van der Waals surface area contributed by atoms with Crippen LogP contribution in [-0.2, 0) is 6.54 Å². The van der Waals surface area contributed by atoms with Crippen molar-refractivity contribution < 1.29 is 0 Å². The number of nitrogen functional groups attached to an aromatic ring is 1. The van der Waals surface area contributed by atoms with Crippen molar-refractivity contribution in [2.24, 2.45) is 0 Å². The number of pyridine rings is 1. The van der Waals surface area contributed by atoms with E-state index in [2.05, 4.69) is 20.3 Å². The molecule has 0 aliphatic heterocycles. The zero-order valence-corrected chi connectivity index (χ0v) is 9.01. The topological polar surface area (TPSA) is 76.7 Å². The Hall–Kier alpha value is -2.17. The lowest BCUT2D eigenvalue weighted by molar-refractivity contribution is 0.993. The first kappa shape index (κ1) is 10.4. The summed E-state index contributed by atoms with van der Waals surface area (Å²) in [5.74, 6) is 0.827. The summed E-state index contributed by atoms with van der Waals surface area (Å²) >= 11 is 0. The fraction of sp³-hybridized carbons (Fsp3) is 0.182. The van der Waals surface area contributed by atoms with Gasteiger partial charge in [0, 0.05) is 6.20 Å². The molecule has 0 atom stereocenters. The van der Waals surface area contributed by atoms with Gasteiger partial charge in [0.15, 0.2) is 0 Å². The largest absolute Gasteiger partial charge is 0.397 e. The molecule has 0 aliphatic rings. The summed E-state index contributed by atoms with van der Waals surface area (Å²) in [5, 5.41) is 3.20. The van der Waals surface area contributed by atoms with Gasteiger partial charge in [-0.1, -0.05) is 0 Å². The second kappa shape index (κ2) is 4.57. The molecule has 0 aromatic carbocycles. The minimum absolute atomic E-state index is 0.625. The molecule has 0 saturated carbocycles. The Morgan fingerprint density at radius 1 is 1.38 bits per heavy atom. The third kappa shape index (κ3) is 2.44. The van der Waals surface area contributed by atoms with Crippen molar-refractivity contribution in [3.8, 4) is 0 Å². The van der Waals surface area contributed by atoms with Gasteiger partial charge in [-0.2, -0.15) is 0 Å². The van der Waals surface area contributed by atoms with E-state index in [9.17, 15) is 0 Å². The molecule has 0 radical (unpaired) electrons. The van der Waals surface area contributed by atoms with E-state index in [4.69, 9.17) is 5.73 Å². The maximum atomic E-state index is 5.62. The van der Waals surface area contributed by atoms with Gasteiger partial charge < -0.3 is 11.1 Å². The van der Waals surface area contributed by atoms with Crippen molar-refractivity contribution in [2.45, 2.75) is 13.5 Å². The summed E-state index contributed by atoms with van der Waals surface area (Å²) in [6, 6.07) is 3.74. The van der Waals surface area contributed by atoms with Gasteiger partial charge >= 0.3 is 0 Å². The number of hydrogen-bond acceptors (Lipinski definition) is 5. The van der Waals surface area contributed by atoms with Crippen LogP contribution in [0.4, 0.5) is 11.5 Å². The molecule has 16 heavy (non-hydrogen) atoms. The van der Waals surface area contributed by atoms with E-state index >= 15 is 0 Å². The fourth-order valence-electron chi connectivity index (χ4n) is 1.38. The smallest absolute Gasteiger partial charge is 0.129 e. The van der Waals surface area contributed by atoms with E-state index in [1.807, 2.05) is 19.1 Å². The summed E-state index contributed by atoms with van der Waals surface area (Å²) in [7, 11) is 0. The zero-order valence-electron chi connectivity index (χ0n) is 9.01. The number of nitrogens with zero attached hydrogens (tertiary/aromatic N) is 3. The molecule has 0 saturated heterocycles. The number of nitrogens with one attached hydrogen (secondary N) is 1. The lowest BCUT2D eigenvalue weighted by atomic mass is 10.2. The lowest BCUT2D eigenvalue weighted by Gasteiger charge is -2.08. The average molecular weight is 215 g/mol. The standard InChI is InChI=1S/C11H13N5/c1-8-4-9(12)5-14-11(8)15-6-10-2-3-13-7-16-10/h2-5,7H,6,12H2,1H3,(H,14,15). The molecule has 0 unspecified atom stereocenters. The van der Waals surface area contributed by atoms with Crippen molar-refractivity contribution in [3.63, 3.8) is 0 Å². The second-order valence-electron chi connectivity index (χ2n) is 3.49. The van der Waals surface area contributed by atoms with Crippen LogP contribution in [0.1, 0.15) is 11.3 Å². The Labute approximate surface area is 93.8 Å². The second-order valence-corrected chi connectivity index (χ2v) is 3.49. The minimum atomic E-state index is 0.625. The molecule has 82 valence electrons. The number of anilines is 2. The lowest BCUT2D eigenvalue weighted by Crippen LogP contribution is -2.05. The number of hydrogen-bond donors (Lipinski definition) is 2. The molecule has 0 fully saturated rings. The van der Waals surface area contributed by atoms with Crippen LogP contribution in [0, 0.1) is 6.92 Å². The van der Waals surface area contributed by atoms with E-state index in [1.165, 1.54) is 6.33 Å². The van der Waals surface area contributed by atoms with E-state index in [-0.39, 0.29) is 0 Å². The van der Waals surface area contributed by atoms with E-state index in [0.717, 1.165) is 17.1 Å². The monoisotopic (exact) mass is 215 g/mol. The predicted octanol–water partition coefficient (Wildman–Crippen LogP) is 1.37. The summed E-state index contributed by atoms with van der Waals surface area (Å²) in [5.41, 5.74) is 8.24. The normalized spacial score (nSPS) is 10.1. The molecule has 2 rings (SSSR count). The molecular weight excluding hydrogens is 202 g/mol. The van der Waals surface area contributed by atoms with Crippen LogP contribution in [0.3, 0.4) is 0 Å². The Morgan fingerprint density at radius 3 is 2.94 bits per heavy atom. The van der Waals surface area contributed by atoms with Gasteiger partial charge in [-0.15, -0.1) is 0 Å². The molecule has 2 aromatic heterocycles. The van der Waals surface area contributed by atoms with Gasteiger partial charge in [0.05, 0.1) is 24.1 Å². The predicted molar refractivity (Wildman–Crippen MR) is 62.7 cm³/mol. The minimum Gasteiger partial charge on any atom is -0.397 e. The van der Waals surface area contributed by atoms with Crippen molar-refractivity contribution in [3.05, 3.63) is 42.1 Å². The summed E-state index contributed by atoms with van der Waals surface area (Å²) < 4.78 is 0. The van der Waals surface area contributed by atoms with E-state index < -0.39 is 0 Å². The van der Waals surface area contributed by atoms with Crippen LogP contribution in [0.25, 0.3) is 0 Å². The average Bonchev–Trinajstić information content (AvgIpc) is 2.29. The molecule has 2 aromatic rings. The Kier molecular flexibility index (Phi) is 2.95. The van der Waals surface area contributed by atoms with Gasteiger partial charge in [0.2, 0.25) is 0 Å². The first-order valence-electron chi connectivity index (χ1n) is 4.96. The highest BCUT2D eigenvalue weighted by Gasteiger charge is 2.00. The molecule has 0 bridgehead atoms. The fourth-order valence-corrected chi connectivity index (χ4v) is 1.38. The first-order chi connectivity index (χ1) is 7.75. The van der Waals surface area contributed by atoms with Crippen molar-refractivity contribution in [1.82, 2.24) is 15.0 Å². The molecule has 0 aliphatic carbocycles. The highest BCUT2D eigenvalue weighted by Crippen LogP contribution is 2.14. The summed E-state index contributed by atoms with van der Waals surface area (Å²) in [6.45, 7) is 2.59. The van der Waals surface area contributed by atoms with Crippen LogP contribution >= 0.6 is 0 Å². The number of aromatic nitrogens is 3. The van der Waals surface area contributed by atoms with Crippen molar-refractivity contribution in [1.29, 1.82) is 0 Å². The van der Waals surface area contributed by atoms with Crippen molar-refractivity contribution in [2.75, 3.05) is 11.1 Å². The molecular formula is C11H13N5. The Balaban J connectivity index is 2.05. The number of rotatable bonds is 3. The maximum absolute atomic E-state index is 5.62. The molecule has 5 heteroatoms. The summed E-state index contributed by atoms with van der Waals surface area (Å²) in [6.07, 6.45) is 4.88. The Bertz CT molecular complexity index is 469. The summed E-state index contributed by atoms with van der Waals surface area (Å²) in [4.78, 5) is 12.2. The van der Waals surface area contributed by atoms with Crippen LogP contribution in [0.5, 0.6) is 0 Å². The molecule has 5 nitrogen and oxygen atoms in total. The van der Waals surface area contributed by atoms with Crippen LogP contribution in [0.2, 0.25) is 0 Å². The molecule has 2 heterocycles. The van der Waals surface area contributed by atoms with E-state index in [1.54, 1.807) is 12.4 Å². The van der Waals surface area contributed by atoms with Gasteiger partial charge in [0.25, 0.3) is 0 Å². The van der Waals surface area contributed by atoms with Crippen LogP contribution < -0.4 is 11.1 Å².